The predicted octanol–water partition coefficient (Wildman–Crippen LogP) is 2.01. The van der Waals surface area contributed by atoms with E-state index in [0.717, 1.165) is 22.7 Å². The minimum absolute atomic E-state index is 0.0342. The molecule has 7 atom stereocenters. The van der Waals surface area contributed by atoms with Gasteiger partial charge >= 0.3 is 11.9 Å². The molecule has 302 valence electrons. The van der Waals surface area contributed by atoms with Crippen LogP contribution >= 0.6 is 0 Å². The number of carbonyl (C=O) groups is 7. The summed E-state index contributed by atoms with van der Waals surface area (Å²) in [5.74, 6) is -7.89. The van der Waals surface area contributed by atoms with Gasteiger partial charge in [0.15, 0.2) is 0 Å². The van der Waals surface area contributed by atoms with Crippen molar-refractivity contribution < 1.29 is 48.6 Å². The van der Waals surface area contributed by atoms with Gasteiger partial charge in [0.1, 0.15) is 43.0 Å². The fourth-order valence-corrected chi connectivity index (χ4v) is 5.65. The van der Waals surface area contributed by atoms with Crippen molar-refractivity contribution >= 4 is 58.6 Å². The standard InChI is InChI=1S/C39H51N7O10/c1-6-22(3)33(37(52)44-30(39(54)55)17-26-19-40-28-16-12-11-15-27(26)28)46-38(53)34(23(4)7-2)45-36(51)29(18-32(48)49)43-35(50)24(5)42-31(47)20-41-56-21-25-13-9-8-10-14-25/h8-16,19-20,22-24,29-30,33-34,40H,6-7,17-18,21H2,1-5H3,(H,42,47)(H,43,50)(H,44,52)(H,45,51)(H,46,53)(H,48,49)(H,54,55)/b41-20+/t22-,23-,24-,29-,30-,33-,34-/m0/s1. The minimum Gasteiger partial charge on any atom is -0.481 e. The molecule has 0 radical (unpaired) electrons. The number of amides is 5. The van der Waals surface area contributed by atoms with Gasteiger partial charge in [-0.3, -0.25) is 28.8 Å². The maximum absolute atomic E-state index is 13.8. The first-order chi connectivity index (χ1) is 26.6. The SMILES string of the molecule is CC[C@H](C)[C@H](NC(=O)[C@H](CC(=O)O)NC(=O)[C@H](C)NC(=O)/C=N/OCc1ccccc1)C(=O)N[C@H](C(=O)N[C@@H](Cc1c[nH]c2ccccc12)C(=O)O)[C@@H](C)CC. The maximum atomic E-state index is 13.8. The van der Waals surface area contributed by atoms with Crippen molar-refractivity contribution in [1.29, 1.82) is 0 Å². The molecule has 3 rings (SSSR count). The van der Waals surface area contributed by atoms with Crippen LogP contribution in [-0.2, 0) is 51.4 Å². The van der Waals surface area contributed by atoms with Gasteiger partial charge in [0.05, 0.1) is 6.42 Å². The van der Waals surface area contributed by atoms with Crippen LogP contribution in [0.4, 0.5) is 0 Å². The van der Waals surface area contributed by atoms with Crippen molar-refractivity contribution in [2.75, 3.05) is 0 Å². The number of carbonyl (C=O) groups excluding carboxylic acids is 5. The van der Waals surface area contributed by atoms with E-state index in [0.29, 0.717) is 18.4 Å². The van der Waals surface area contributed by atoms with E-state index >= 15 is 0 Å². The Morgan fingerprint density at radius 1 is 0.732 bits per heavy atom. The molecule has 56 heavy (non-hydrogen) atoms. The van der Waals surface area contributed by atoms with Gasteiger partial charge in [-0.2, -0.15) is 0 Å². The smallest absolute Gasteiger partial charge is 0.326 e. The van der Waals surface area contributed by atoms with E-state index in [9.17, 15) is 43.8 Å². The molecule has 0 aliphatic carbocycles. The highest BCUT2D eigenvalue weighted by Gasteiger charge is 2.36. The summed E-state index contributed by atoms with van der Waals surface area (Å²) in [7, 11) is 0. The van der Waals surface area contributed by atoms with Crippen molar-refractivity contribution in [1.82, 2.24) is 31.6 Å². The largest absolute Gasteiger partial charge is 0.481 e. The number of carboxylic acids is 2. The molecule has 17 heteroatoms. The number of carboxylic acid groups (broad SMARTS) is 2. The quantitative estimate of drug-likeness (QED) is 0.0544. The summed E-state index contributed by atoms with van der Waals surface area (Å²) >= 11 is 0. The second-order valence-corrected chi connectivity index (χ2v) is 13.6. The summed E-state index contributed by atoms with van der Waals surface area (Å²) < 4.78 is 0. The molecular weight excluding hydrogens is 726 g/mol. The van der Waals surface area contributed by atoms with Gasteiger partial charge in [-0.1, -0.05) is 94.2 Å². The molecule has 1 heterocycles. The highest BCUT2D eigenvalue weighted by molar-refractivity contribution is 6.26. The van der Waals surface area contributed by atoms with E-state index in [1.54, 1.807) is 46.0 Å². The van der Waals surface area contributed by atoms with Crippen LogP contribution in [-0.4, -0.2) is 93.1 Å². The molecule has 2 aromatic carbocycles. The van der Waals surface area contributed by atoms with Gasteiger partial charge in [-0.25, -0.2) is 4.79 Å². The first kappa shape index (κ1) is 44.1. The van der Waals surface area contributed by atoms with Gasteiger partial charge in [0.2, 0.25) is 23.6 Å². The van der Waals surface area contributed by atoms with E-state index in [-0.39, 0.29) is 13.0 Å². The number of fused-ring (bicyclic) bond motifs is 1. The van der Waals surface area contributed by atoms with E-state index in [1.165, 1.54) is 6.92 Å². The van der Waals surface area contributed by atoms with Gasteiger partial charge in [-0.05, 0) is 36.0 Å². The number of benzene rings is 2. The zero-order chi connectivity index (χ0) is 41.4. The number of H-pyrrole nitrogens is 1. The van der Waals surface area contributed by atoms with Crippen molar-refractivity contribution in [2.24, 2.45) is 17.0 Å². The molecule has 0 unspecified atom stereocenters. The molecule has 17 nitrogen and oxygen atoms in total. The van der Waals surface area contributed by atoms with Crippen LogP contribution in [0.15, 0.2) is 65.9 Å². The lowest BCUT2D eigenvalue weighted by atomic mass is 9.94. The Morgan fingerprint density at radius 2 is 1.30 bits per heavy atom. The number of para-hydroxylation sites is 1. The van der Waals surface area contributed by atoms with Crippen LogP contribution < -0.4 is 26.6 Å². The van der Waals surface area contributed by atoms with Crippen molar-refractivity contribution in [3.05, 3.63) is 71.9 Å². The summed E-state index contributed by atoms with van der Waals surface area (Å²) in [5.41, 5.74) is 2.30. The first-order valence-electron chi connectivity index (χ1n) is 18.4. The van der Waals surface area contributed by atoms with E-state index in [4.69, 9.17) is 4.84 Å². The number of nitrogens with zero attached hydrogens (tertiary/aromatic N) is 1. The number of rotatable bonds is 22. The molecule has 0 aliphatic rings. The molecule has 0 spiro atoms. The Labute approximate surface area is 324 Å². The molecule has 0 saturated heterocycles. The van der Waals surface area contributed by atoms with Gasteiger partial charge < -0.3 is 46.6 Å². The molecule has 0 saturated carbocycles. The Hall–Kier alpha value is -6.26. The lowest BCUT2D eigenvalue weighted by molar-refractivity contribution is -0.142. The summed E-state index contributed by atoms with van der Waals surface area (Å²) in [5, 5.41) is 36.4. The maximum Gasteiger partial charge on any atom is 0.326 e. The number of hydrogen-bond donors (Lipinski definition) is 8. The van der Waals surface area contributed by atoms with Crippen LogP contribution in [0.2, 0.25) is 0 Å². The van der Waals surface area contributed by atoms with E-state index < -0.39 is 89.9 Å². The summed E-state index contributed by atoms with van der Waals surface area (Å²) in [6.45, 7) is 8.34. The Morgan fingerprint density at radius 3 is 1.91 bits per heavy atom. The number of aromatic amines is 1. The minimum atomic E-state index is -1.66. The fraction of sp³-hybridized carbons (Fsp3) is 0.436. The molecular formula is C39H51N7O10. The average molecular weight is 778 g/mol. The van der Waals surface area contributed by atoms with Crippen molar-refractivity contribution in [3.63, 3.8) is 0 Å². The molecule has 0 aliphatic heterocycles. The van der Waals surface area contributed by atoms with E-state index in [1.807, 2.05) is 42.5 Å². The molecule has 0 fully saturated rings. The van der Waals surface area contributed by atoms with Gasteiger partial charge in [0, 0.05) is 23.5 Å². The van der Waals surface area contributed by atoms with Gasteiger partial charge in [0.25, 0.3) is 5.91 Å². The average Bonchev–Trinajstić information content (AvgIpc) is 3.58. The lowest BCUT2D eigenvalue weighted by Gasteiger charge is -2.30. The molecule has 1 aromatic heterocycles. The van der Waals surface area contributed by atoms with Crippen LogP contribution in [0, 0.1) is 11.8 Å². The summed E-state index contributed by atoms with van der Waals surface area (Å²) in [6.07, 6.45) is 2.41. The summed E-state index contributed by atoms with van der Waals surface area (Å²) in [4.78, 5) is 98.5. The number of aromatic nitrogens is 1. The number of oxime groups is 1. The van der Waals surface area contributed by atoms with Crippen molar-refractivity contribution in [3.8, 4) is 0 Å². The Bertz CT molecular complexity index is 1860. The zero-order valence-electron chi connectivity index (χ0n) is 32.0. The first-order valence-corrected chi connectivity index (χ1v) is 18.4. The lowest BCUT2D eigenvalue weighted by Crippen LogP contribution is -2.61. The second kappa shape index (κ2) is 21.6. The second-order valence-electron chi connectivity index (χ2n) is 13.6. The van der Waals surface area contributed by atoms with Crippen LogP contribution in [0.5, 0.6) is 0 Å². The number of aliphatic carboxylic acids is 2. The molecule has 5 amide bonds. The number of nitrogens with one attached hydrogen (secondary N) is 6. The third kappa shape index (κ3) is 13.2. The van der Waals surface area contributed by atoms with Crippen LogP contribution in [0.3, 0.4) is 0 Å². The van der Waals surface area contributed by atoms with Crippen LogP contribution in [0.1, 0.15) is 65.0 Å². The Balaban J connectivity index is 1.68. The topological polar surface area (TPSA) is 257 Å². The highest BCUT2D eigenvalue weighted by Crippen LogP contribution is 2.20. The fourth-order valence-electron chi connectivity index (χ4n) is 5.65. The molecule has 8 N–H and O–H groups in total. The Kier molecular flexibility index (Phi) is 17.0. The normalized spacial score (nSPS) is 14.9. The monoisotopic (exact) mass is 777 g/mol. The highest BCUT2D eigenvalue weighted by atomic mass is 16.6. The third-order valence-corrected chi connectivity index (χ3v) is 9.38. The predicted molar refractivity (Wildman–Crippen MR) is 206 cm³/mol. The zero-order valence-corrected chi connectivity index (χ0v) is 32.0. The summed E-state index contributed by atoms with van der Waals surface area (Å²) in [6, 6.07) is 9.68. The van der Waals surface area contributed by atoms with Crippen LogP contribution in [0.25, 0.3) is 10.9 Å². The molecule has 3 aromatic rings. The molecule has 0 bridgehead atoms. The van der Waals surface area contributed by atoms with Crippen molar-refractivity contribution in [2.45, 2.75) is 97.1 Å². The van der Waals surface area contributed by atoms with E-state index in [2.05, 4.69) is 36.7 Å². The van der Waals surface area contributed by atoms with Gasteiger partial charge in [-0.15, -0.1) is 0 Å². The third-order valence-electron chi connectivity index (χ3n) is 9.38. The number of hydrogen-bond acceptors (Lipinski definition) is 9.